The van der Waals surface area contributed by atoms with E-state index in [1.165, 1.54) is 0 Å². The van der Waals surface area contributed by atoms with Gasteiger partial charge in [0.1, 0.15) is 12.7 Å². The van der Waals surface area contributed by atoms with E-state index in [1.807, 2.05) is 0 Å². The van der Waals surface area contributed by atoms with Crippen LogP contribution in [0.2, 0.25) is 5.02 Å². The molecule has 5 nitrogen and oxygen atoms in total. The van der Waals surface area contributed by atoms with Crippen LogP contribution in [0, 0.1) is 0 Å². The highest BCUT2D eigenvalue weighted by molar-refractivity contribution is 6.30. The lowest BCUT2D eigenvalue weighted by atomic mass is 10.2. The Balaban J connectivity index is 2.07. The van der Waals surface area contributed by atoms with Gasteiger partial charge in [-0.15, -0.1) is 0 Å². The van der Waals surface area contributed by atoms with Gasteiger partial charge >= 0.3 is 0 Å². The summed E-state index contributed by atoms with van der Waals surface area (Å²) in [6.07, 6.45) is 0.0145. The van der Waals surface area contributed by atoms with Crippen molar-refractivity contribution >= 4 is 11.6 Å². The number of hydrogen-bond acceptors (Lipinski definition) is 5. The van der Waals surface area contributed by atoms with Crippen molar-refractivity contribution in [1.82, 2.24) is 4.90 Å². The molecule has 6 heteroatoms. The Morgan fingerprint density at radius 2 is 2.30 bits per heavy atom. The number of likely N-dealkylation sites (N-methyl/N-ethyl adjacent to an activating group) is 1. The van der Waals surface area contributed by atoms with Crippen molar-refractivity contribution in [3.63, 3.8) is 0 Å². The fourth-order valence-corrected chi connectivity index (χ4v) is 2.43. The standard InChI is InChI=1S/C14H20ClNO4/c1-16-3-4-19-12(7-16)9-20-14-10(8-17)5-11(15)6-13(14)18-2/h5-6,12,17H,3-4,7-9H2,1-2H3. The maximum Gasteiger partial charge on any atom is 0.166 e. The van der Waals surface area contributed by atoms with E-state index in [0.29, 0.717) is 35.3 Å². The third kappa shape index (κ3) is 3.76. The van der Waals surface area contributed by atoms with E-state index in [-0.39, 0.29) is 12.7 Å². The second kappa shape index (κ2) is 7.13. The second-order valence-electron chi connectivity index (χ2n) is 4.82. The van der Waals surface area contributed by atoms with Crippen LogP contribution in [0.25, 0.3) is 0 Å². The van der Waals surface area contributed by atoms with Gasteiger partial charge in [-0.05, 0) is 13.1 Å². The van der Waals surface area contributed by atoms with Crippen molar-refractivity contribution in [2.24, 2.45) is 0 Å². The van der Waals surface area contributed by atoms with Crippen molar-refractivity contribution in [3.05, 3.63) is 22.7 Å². The summed E-state index contributed by atoms with van der Waals surface area (Å²) < 4.78 is 16.7. The Labute approximate surface area is 124 Å². The molecule has 1 heterocycles. The molecule has 1 aromatic carbocycles. The zero-order valence-electron chi connectivity index (χ0n) is 11.8. The molecule has 2 rings (SSSR count). The van der Waals surface area contributed by atoms with Crippen LogP contribution >= 0.6 is 11.6 Å². The van der Waals surface area contributed by atoms with Gasteiger partial charge in [0.05, 0.1) is 20.3 Å². The van der Waals surface area contributed by atoms with E-state index in [4.69, 9.17) is 25.8 Å². The highest BCUT2D eigenvalue weighted by Crippen LogP contribution is 2.35. The van der Waals surface area contributed by atoms with E-state index in [0.717, 1.165) is 13.1 Å². The van der Waals surface area contributed by atoms with Gasteiger partial charge in [0, 0.05) is 29.7 Å². The second-order valence-corrected chi connectivity index (χ2v) is 5.26. The van der Waals surface area contributed by atoms with E-state index < -0.39 is 0 Å². The third-order valence-electron chi connectivity index (χ3n) is 3.24. The maximum atomic E-state index is 9.41. The Bertz CT molecular complexity index is 430. The summed E-state index contributed by atoms with van der Waals surface area (Å²) in [4.78, 5) is 2.20. The number of ether oxygens (including phenoxy) is 3. The molecule has 112 valence electrons. The van der Waals surface area contributed by atoms with Crippen LogP contribution < -0.4 is 9.47 Å². The molecule has 20 heavy (non-hydrogen) atoms. The predicted molar refractivity (Wildman–Crippen MR) is 76.7 cm³/mol. The van der Waals surface area contributed by atoms with Crippen LogP contribution in [0.5, 0.6) is 11.5 Å². The molecular weight excluding hydrogens is 282 g/mol. The molecular formula is C14H20ClNO4. The summed E-state index contributed by atoms with van der Waals surface area (Å²) in [7, 11) is 3.60. The highest BCUT2D eigenvalue weighted by atomic mass is 35.5. The average Bonchev–Trinajstić information content (AvgIpc) is 2.45. The molecule has 0 aromatic heterocycles. The maximum absolute atomic E-state index is 9.41. The number of nitrogens with zero attached hydrogens (tertiary/aromatic N) is 1. The molecule has 0 bridgehead atoms. The topological polar surface area (TPSA) is 51.2 Å². The molecule has 1 unspecified atom stereocenters. The van der Waals surface area contributed by atoms with Crippen LogP contribution in [0.15, 0.2) is 12.1 Å². The fraction of sp³-hybridized carbons (Fsp3) is 0.571. The zero-order valence-corrected chi connectivity index (χ0v) is 12.5. The number of benzene rings is 1. The van der Waals surface area contributed by atoms with Crippen molar-refractivity contribution < 1.29 is 19.3 Å². The van der Waals surface area contributed by atoms with Gasteiger partial charge < -0.3 is 24.2 Å². The first-order chi connectivity index (χ1) is 9.63. The summed E-state index contributed by atoms with van der Waals surface area (Å²) in [5, 5.41) is 9.91. The van der Waals surface area contributed by atoms with Crippen LogP contribution in [-0.2, 0) is 11.3 Å². The van der Waals surface area contributed by atoms with E-state index in [2.05, 4.69) is 11.9 Å². The molecule has 0 saturated carbocycles. The molecule has 1 N–H and O–H groups in total. The van der Waals surface area contributed by atoms with Gasteiger partial charge in [-0.3, -0.25) is 0 Å². The number of morpholine rings is 1. The Hall–Kier alpha value is -1.01. The summed E-state index contributed by atoms with van der Waals surface area (Å²) in [6.45, 7) is 2.72. The molecule has 1 aliphatic heterocycles. The molecule has 0 radical (unpaired) electrons. The summed E-state index contributed by atoms with van der Waals surface area (Å²) in [5.41, 5.74) is 0.610. The van der Waals surface area contributed by atoms with E-state index in [1.54, 1.807) is 19.2 Å². The lowest BCUT2D eigenvalue weighted by molar-refractivity contribution is -0.0408. The number of halogens is 1. The lowest BCUT2D eigenvalue weighted by Gasteiger charge is -2.30. The summed E-state index contributed by atoms with van der Waals surface area (Å²) in [6, 6.07) is 3.34. The first kappa shape index (κ1) is 15.4. The van der Waals surface area contributed by atoms with Crippen molar-refractivity contribution in [1.29, 1.82) is 0 Å². The van der Waals surface area contributed by atoms with Crippen LogP contribution in [0.4, 0.5) is 0 Å². The molecule has 0 amide bonds. The van der Waals surface area contributed by atoms with E-state index in [9.17, 15) is 5.11 Å². The van der Waals surface area contributed by atoms with Crippen LogP contribution in [-0.4, -0.2) is 56.6 Å². The molecule has 0 aliphatic carbocycles. The number of aliphatic hydroxyl groups excluding tert-OH is 1. The quantitative estimate of drug-likeness (QED) is 0.894. The van der Waals surface area contributed by atoms with E-state index >= 15 is 0 Å². The Kier molecular flexibility index (Phi) is 5.48. The first-order valence-electron chi connectivity index (χ1n) is 6.54. The number of aliphatic hydroxyl groups is 1. The minimum atomic E-state index is -0.155. The normalized spacial score (nSPS) is 19.9. The Morgan fingerprint density at radius 3 is 2.95 bits per heavy atom. The number of methoxy groups -OCH3 is 1. The van der Waals surface area contributed by atoms with Crippen molar-refractivity contribution in [3.8, 4) is 11.5 Å². The SMILES string of the molecule is COc1cc(Cl)cc(CO)c1OCC1CN(C)CCO1. The highest BCUT2D eigenvalue weighted by Gasteiger charge is 2.20. The number of rotatable bonds is 5. The van der Waals surface area contributed by atoms with Gasteiger partial charge in [-0.25, -0.2) is 0 Å². The molecule has 1 aliphatic rings. The van der Waals surface area contributed by atoms with Gasteiger partial charge in [-0.2, -0.15) is 0 Å². The molecule has 1 saturated heterocycles. The van der Waals surface area contributed by atoms with Gasteiger partial charge in [0.2, 0.25) is 0 Å². The van der Waals surface area contributed by atoms with Gasteiger partial charge in [-0.1, -0.05) is 11.6 Å². The van der Waals surface area contributed by atoms with Gasteiger partial charge in [0.25, 0.3) is 0 Å². The van der Waals surface area contributed by atoms with Crippen LogP contribution in [0.3, 0.4) is 0 Å². The van der Waals surface area contributed by atoms with Crippen molar-refractivity contribution in [2.45, 2.75) is 12.7 Å². The Morgan fingerprint density at radius 1 is 1.50 bits per heavy atom. The molecule has 1 atom stereocenters. The zero-order chi connectivity index (χ0) is 14.5. The monoisotopic (exact) mass is 301 g/mol. The summed E-state index contributed by atoms with van der Waals surface area (Å²) in [5.74, 6) is 1.04. The first-order valence-corrected chi connectivity index (χ1v) is 6.92. The fourth-order valence-electron chi connectivity index (χ4n) is 2.20. The molecule has 0 spiro atoms. The van der Waals surface area contributed by atoms with Crippen molar-refractivity contribution in [2.75, 3.05) is 40.5 Å². The molecule has 1 fully saturated rings. The average molecular weight is 302 g/mol. The smallest absolute Gasteiger partial charge is 0.166 e. The predicted octanol–water partition coefficient (Wildman–Crippen LogP) is 1.55. The minimum absolute atomic E-state index is 0.0145. The minimum Gasteiger partial charge on any atom is -0.493 e. The summed E-state index contributed by atoms with van der Waals surface area (Å²) >= 11 is 5.97. The number of hydrogen-bond donors (Lipinski definition) is 1. The van der Waals surface area contributed by atoms with Crippen LogP contribution in [0.1, 0.15) is 5.56 Å². The van der Waals surface area contributed by atoms with Gasteiger partial charge in [0.15, 0.2) is 11.5 Å². The molecule has 1 aromatic rings. The largest absolute Gasteiger partial charge is 0.493 e. The third-order valence-corrected chi connectivity index (χ3v) is 3.46. The lowest BCUT2D eigenvalue weighted by Crippen LogP contribution is -2.42.